The summed E-state index contributed by atoms with van der Waals surface area (Å²) in [5, 5.41) is 0. The fourth-order valence-corrected chi connectivity index (χ4v) is 2.57. The molecule has 0 fully saturated rings. The van der Waals surface area contributed by atoms with E-state index < -0.39 is 0 Å². The van der Waals surface area contributed by atoms with Gasteiger partial charge in [0, 0.05) is 12.2 Å². The van der Waals surface area contributed by atoms with Crippen molar-refractivity contribution in [1.29, 1.82) is 0 Å². The molecule has 0 aliphatic heterocycles. The van der Waals surface area contributed by atoms with E-state index in [1.54, 1.807) is 0 Å². The number of primary amides is 1. The number of unbranched alkanes of at least 4 members (excludes halogenated alkanes) is 7. The van der Waals surface area contributed by atoms with E-state index in [2.05, 4.69) is 6.92 Å². The maximum Gasteiger partial charge on any atom is 0.218 e. The lowest BCUT2D eigenvalue weighted by Crippen LogP contribution is -2.11. The summed E-state index contributed by atoms with van der Waals surface area (Å²) in [5.74, 6) is 1.90. The number of nitrogens with two attached hydrogens (primary N) is 1. The van der Waals surface area contributed by atoms with Crippen molar-refractivity contribution >= 4 is 17.7 Å². The van der Waals surface area contributed by atoms with Crippen LogP contribution < -0.4 is 5.73 Å². The zero-order valence-corrected chi connectivity index (χ0v) is 11.5. The van der Waals surface area contributed by atoms with Crippen LogP contribution in [0.15, 0.2) is 0 Å². The van der Waals surface area contributed by atoms with E-state index in [1.165, 1.54) is 57.1 Å². The summed E-state index contributed by atoms with van der Waals surface area (Å²) < 4.78 is 0. The highest BCUT2D eigenvalue weighted by Crippen LogP contribution is 2.11. The molecule has 3 heteroatoms. The van der Waals surface area contributed by atoms with Gasteiger partial charge in [-0.1, -0.05) is 51.9 Å². The van der Waals surface area contributed by atoms with Gasteiger partial charge in [0.15, 0.2) is 0 Å². The normalized spacial score (nSPS) is 10.6. The fourth-order valence-electron chi connectivity index (χ4n) is 1.61. The number of carbonyl (C=O) groups excluding carboxylic acids is 1. The Balaban J connectivity index is 2.90. The van der Waals surface area contributed by atoms with E-state index in [1.807, 2.05) is 11.8 Å². The predicted molar refractivity (Wildman–Crippen MR) is 73.7 cm³/mol. The molecule has 0 saturated carbocycles. The van der Waals surface area contributed by atoms with Crippen LogP contribution in [0.1, 0.15) is 64.7 Å². The molecule has 0 saturated heterocycles. The fraction of sp³-hybridized carbons (Fsp3) is 0.923. The van der Waals surface area contributed by atoms with Gasteiger partial charge in [-0.3, -0.25) is 4.79 Å². The summed E-state index contributed by atoms with van der Waals surface area (Å²) in [6.45, 7) is 2.25. The van der Waals surface area contributed by atoms with E-state index in [-0.39, 0.29) is 5.91 Å². The van der Waals surface area contributed by atoms with Gasteiger partial charge in [-0.2, -0.15) is 11.8 Å². The lowest BCUT2D eigenvalue weighted by molar-refractivity contribution is -0.117. The van der Waals surface area contributed by atoms with Crippen LogP contribution in [0.3, 0.4) is 0 Å². The molecular formula is C13H27NOS. The SMILES string of the molecule is CCCCCCCCCCSCCC(N)=O. The first-order chi connectivity index (χ1) is 7.77. The van der Waals surface area contributed by atoms with Crippen molar-refractivity contribution in [3.8, 4) is 0 Å². The third-order valence-electron chi connectivity index (χ3n) is 2.64. The highest BCUT2D eigenvalue weighted by molar-refractivity contribution is 7.99. The van der Waals surface area contributed by atoms with E-state index in [0.29, 0.717) is 6.42 Å². The molecule has 0 heterocycles. The Labute approximate surface area is 105 Å². The zero-order chi connectivity index (χ0) is 12.1. The molecule has 0 spiro atoms. The minimum atomic E-state index is -0.177. The molecule has 0 unspecified atom stereocenters. The lowest BCUT2D eigenvalue weighted by atomic mass is 10.1. The maximum absolute atomic E-state index is 10.5. The number of amides is 1. The van der Waals surface area contributed by atoms with Gasteiger partial charge >= 0.3 is 0 Å². The van der Waals surface area contributed by atoms with Crippen LogP contribution in [-0.4, -0.2) is 17.4 Å². The molecular weight excluding hydrogens is 218 g/mol. The summed E-state index contributed by atoms with van der Waals surface area (Å²) >= 11 is 1.85. The van der Waals surface area contributed by atoms with Gasteiger partial charge in [-0.15, -0.1) is 0 Å². The van der Waals surface area contributed by atoms with E-state index in [0.717, 1.165) is 5.75 Å². The Hall–Kier alpha value is -0.180. The summed E-state index contributed by atoms with van der Waals surface area (Å²) in [7, 11) is 0. The summed E-state index contributed by atoms with van der Waals surface area (Å²) in [5.41, 5.74) is 5.06. The van der Waals surface area contributed by atoms with Crippen molar-refractivity contribution in [2.45, 2.75) is 64.7 Å². The monoisotopic (exact) mass is 245 g/mol. The van der Waals surface area contributed by atoms with Crippen molar-refractivity contribution in [1.82, 2.24) is 0 Å². The van der Waals surface area contributed by atoms with E-state index >= 15 is 0 Å². The molecule has 1 amide bonds. The topological polar surface area (TPSA) is 43.1 Å². The van der Waals surface area contributed by atoms with Crippen LogP contribution in [0.4, 0.5) is 0 Å². The van der Waals surface area contributed by atoms with Crippen molar-refractivity contribution in [3.05, 3.63) is 0 Å². The standard InChI is InChI=1S/C13H27NOS/c1-2-3-4-5-6-7-8-9-11-16-12-10-13(14)15/h2-12H2,1H3,(H2,14,15). The smallest absolute Gasteiger partial charge is 0.218 e. The van der Waals surface area contributed by atoms with Gasteiger partial charge in [0.2, 0.25) is 5.91 Å². The second-order valence-corrected chi connectivity index (χ2v) is 5.53. The largest absolute Gasteiger partial charge is 0.370 e. The van der Waals surface area contributed by atoms with Gasteiger partial charge in [0.25, 0.3) is 0 Å². The Morgan fingerprint density at radius 1 is 0.938 bits per heavy atom. The number of rotatable bonds is 12. The van der Waals surface area contributed by atoms with Gasteiger partial charge in [0.05, 0.1) is 0 Å². The van der Waals surface area contributed by atoms with Crippen LogP contribution in [0, 0.1) is 0 Å². The summed E-state index contributed by atoms with van der Waals surface area (Å²) in [6.07, 6.45) is 11.5. The molecule has 16 heavy (non-hydrogen) atoms. The first-order valence-electron chi connectivity index (χ1n) is 6.63. The molecule has 96 valence electrons. The molecule has 0 aliphatic rings. The minimum Gasteiger partial charge on any atom is -0.370 e. The third kappa shape index (κ3) is 13.8. The van der Waals surface area contributed by atoms with Crippen molar-refractivity contribution in [2.75, 3.05) is 11.5 Å². The second-order valence-electron chi connectivity index (χ2n) is 4.30. The third-order valence-corrected chi connectivity index (χ3v) is 3.71. The van der Waals surface area contributed by atoms with Gasteiger partial charge in [0.1, 0.15) is 0 Å². The number of hydrogen-bond donors (Lipinski definition) is 1. The number of hydrogen-bond acceptors (Lipinski definition) is 2. The highest BCUT2D eigenvalue weighted by atomic mass is 32.2. The Morgan fingerprint density at radius 3 is 2.06 bits per heavy atom. The van der Waals surface area contributed by atoms with Gasteiger partial charge in [-0.05, 0) is 12.2 Å². The lowest BCUT2D eigenvalue weighted by Gasteiger charge is -2.01. The number of thioether (sulfide) groups is 1. The first kappa shape index (κ1) is 15.8. The van der Waals surface area contributed by atoms with Crippen LogP contribution in [0.25, 0.3) is 0 Å². The Bertz CT molecular complexity index is 162. The number of carbonyl (C=O) groups is 1. The molecule has 2 N–H and O–H groups in total. The highest BCUT2D eigenvalue weighted by Gasteiger charge is 1.95. The second kappa shape index (κ2) is 12.9. The van der Waals surface area contributed by atoms with Gasteiger partial charge in [-0.25, -0.2) is 0 Å². The minimum absolute atomic E-state index is 0.177. The van der Waals surface area contributed by atoms with Crippen LogP contribution >= 0.6 is 11.8 Å². The van der Waals surface area contributed by atoms with Crippen molar-refractivity contribution in [3.63, 3.8) is 0 Å². The van der Waals surface area contributed by atoms with Crippen molar-refractivity contribution in [2.24, 2.45) is 5.73 Å². The first-order valence-corrected chi connectivity index (χ1v) is 7.79. The van der Waals surface area contributed by atoms with Gasteiger partial charge < -0.3 is 5.73 Å². The average molecular weight is 245 g/mol. The Kier molecular flexibility index (Phi) is 12.7. The van der Waals surface area contributed by atoms with Crippen LogP contribution in [0.2, 0.25) is 0 Å². The summed E-state index contributed by atoms with van der Waals surface area (Å²) in [4.78, 5) is 10.5. The average Bonchev–Trinajstić information content (AvgIpc) is 2.25. The molecule has 0 aromatic carbocycles. The van der Waals surface area contributed by atoms with Crippen molar-refractivity contribution < 1.29 is 4.79 Å². The molecule has 0 radical (unpaired) electrons. The molecule has 0 atom stereocenters. The summed E-state index contributed by atoms with van der Waals surface area (Å²) in [6, 6.07) is 0. The van der Waals surface area contributed by atoms with E-state index in [4.69, 9.17) is 5.73 Å². The van der Waals surface area contributed by atoms with Crippen LogP contribution in [-0.2, 0) is 4.79 Å². The molecule has 0 bridgehead atoms. The predicted octanol–water partition coefficient (Wildman–Crippen LogP) is 3.74. The quantitative estimate of drug-likeness (QED) is 0.532. The molecule has 0 aliphatic carbocycles. The maximum atomic E-state index is 10.5. The molecule has 0 aromatic rings. The van der Waals surface area contributed by atoms with E-state index in [9.17, 15) is 4.79 Å². The molecule has 0 rings (SSSR count). The Morgan fingerprint density at radius 2 is 1.50 bits per heavy atom. The van der Waals surface area contributed by atoms with Crippen LogP contribution in [0.5, 0.6) is 0 Å². The zero-order valence-electron chi connectivity index (χ0n) is 10.7. The molecule has 0 aromatic heterocycles. The molecule has 2 nitrogen and oxygen atoms in total.